The third-order valence-electron chi connectivity index (χ3n) is 11.6. The summed E-state index contributed by atoms with van der Waals surface area (Å²) >= 11 is 0. The minimum Gasteiger partial charge on any atom is -0.392 e. The predicted octanol–water partition coefficient (Wildman–Crippen LogP) is 7.14. The fourth-order valence-corrected chi connectivity index (χ4v) is 9.19. The minimum absolute atomic E-state index is 0.0144. The van der Waals surface area contributed by atoms with Crippen LogP contribution in [0.5, 0.6) is 0 Å². The molecule has 0 amide bonds. The summed E-state index contributed by atoms with van der Waals surface area (Å²) in [7, 11) is 0. The van der Waals surface area contributed by atoms with E-state index in [0.717, 1.165) is 88.7 Å². The highest BCUT2D eigenvalue weighted by molar-refractivity contribution is 5.86. The lowest BCUT2D eigenvalue weighted by atomic mass is 9.92. The molecule has 8 aromatic rings. The highest BCUT2D eigenvalue weighted by atomic mass is 16.3. The molecule has 9 rings (SSSR count). The maximum Gasteiger partial charge on any atom is 0.0681 e. The van der Waals surface area contributed by atoms with E-state index in [9.17, 15) is 10.2 Å². The number of H-pyrrole nitrogens is 4. The Morgan fingerprint density at radius 2 is 0.638 bits per heavy atom. The molecule has 4 aromatic heterocycles. The zero-order valence-electron chi connectivity index (χ0n) is 33.9. The van der Waals surface area contributed by atoms with Crippen LogP contribution in [0.2, 0.25) is 0 Å². The van der Waals surface area contributed by atoms with Crippen molar-refractivity contribution < 1.29 is 10.2 Å². The van der Waals surface area contributed by atoms with Gasteiger partial charge >= 0.3 is 0 Å². The second-order valence-electron chi connectivity index (χ2n) is 15.9. The molecule has 0 atom stereocenters. The van der Waals surface area contributed by atoms with Crippen molar-refractivity contribution in [1.29, 1.82) is 0 Å². The van der Waals surface area contributed by atoms with Gasteiger partial charge in [-0.3, -0.25) is 0 Å². The van der Waals surface area contributed by atoms with Gasteiger partial charge in [-0.15, -0.1) is 0 Å². The van der Waals surface area contributed by atoms with Gasteiger partial charge in [0.2, 0.25) is 0 Å². The number of aromatic amines is 4. The van der Waals surface area contributed by atoms with Crippen molar-refractivity contribution in [3.8, 4) is 0 Å². The van der Waals surface area contributed by atoms with E-state index in [-0.39, 0.29) is 13.2 Å². The van der Waals surface area contributed by atoms with Gasteiger partial charge in [0.25, 0.3) is 0 Å². The number of rotatable bonds is 6. The summed E-state index contributed by atoms with van der Waals surface area (Å²) in [5.74, 6) is 0. The Morgan fingerprint density at radius 3 is 0.948 bits per heavy atom. The number of aliphatic hydroxyl groups excluding tert-OH is 2. The maximum atomic E-state index is 9.94. The molecule has 0 spiro atoms. The molecule has 4 aromatic carbocycles. The fraction of sp³-hybridized carbons (Fsp3) is 0.154. The Bertz CT molecular complexity index is 2870. The van der Waals surface area contributed by atoms with E-state index in [0.29, 0.717) is 0 Å². The Morgan fingerprint density at radius 1 is 0.345 bits per heavy atom. The monoisotopic (exact) mass is 760 g/mol. The van der Waals surface area contributed by atoms with E-state index in [4.69, 9.17) is 0 Å². The molecule has 0 unspecified atom stereocenters. The highest BCUT2D eigenvalue weighted by Gasteiger charge is 2.21. The molecule has 1 aliphatic rings. The van der Waals surface area contributed by atoms with Crippen LogP contribution < -0.4 is 21.4 Å². The second-order valence-corrected chi connectivity index (χ2v) is 15.9. The van der Waals surface area contributed by atoms with E-state index in [1.54, 1.807) is 0 Å². The molecule has 58 heavy (non-hydrogen) atoms. The largest absolute Gasteiger partial charge is 0.392 e. The Balaban J connectivity index is 1.45. The first kappa shape index (κ1) is 37.0. The summed E-state index contributed by atoms with van der Waals surface area (Å²) in [5, 5.41) is 23.8. The van der Waals surface area contributed by atoms with Crippen LogP contribution in [0.15, 0.2) is 121 Å². The van der Waals surface area contributed by atoms with Crippen molar-refractivity contribution in [2.75, 3.05) is 0 Å². The third kappa shape index (κ3) is 6.50. The van der Waals surface area contributed by atoms with Crippen LogP contribution in [0.3, 0.4) is 0 Å². The fourth-order valence-electron chi connectivity index (χ4n) is 9.19. The lowest BCUT2D eigenvalue weighted by Gasteiger charge is -2.15. The van der Waals surface area contributed by atoms with Gasteiger partial charge in [-0.05, 0) is 146 Å². The van der Waals surface area contributed by atoms with E-state index in [1.807, 2.05) is 24.3 Å². The van der Waals surface area contributed by atoms with Gasteiger partial charge in [0.05, 0.1) is 13.2 Å². The lowest BCUT2D eigenvalue weighted by molar-refractivity contribution is 0.281. The summed E-state index contributed by atoms with van der Waals surface area (Å²) in [6, 6.07) is 42.9. The number of hydrogen-bond acceptors (Lipinski definition) is 2. The van der Waals surface area contributed by atoms with Crippen LogP contribution in [0.4, 0.5) is 0 Å². The van der Waals surface area contributed by atoms with Crippen molar-refractivity contribution >= 4 is 22.3 Å². The molecule has 8 bridgehead atoms. The van der Waals surface area contributed by atoms with Gasteiger partial charge in [-0.1, -0.05) is 83.9 Å². The summed E-state index contributed by atoms with van der Waals surface area (Å²) in [6.07, 6.45) is 0. The average Bonchev–Trinajstić information content (AvgIpc) is 4.05. The second kappa shape index (κ2) is 14.7. The smallest absolute Gasteiger partial charge is 0.0681 e. The van der Waals surface area contributed by atoms with Gasteiger partial charge in [0.15, 0.2) is 0 Å². The number of benzene rings is 4. The molecular formula is C52H48N4O2. The summed E-state index contributed by atoms with van der Waals surface area (Å²) < 4.78 is 0. The van der Waals surface area contributed by atoms with E-state index < -0.39 is 0 Å². The van der Waals surface area contributed by atoms with Crippen LogP contribution in [0.25, 0.3) is 22.3 Å². The predicted molar refractivity (Wildman–Crippen MR) is 234 cm³/mol. The Labute approximate surface area is 338 Å². The van der Waals surface area contributed by atoms with Gasteiger partial charge in [-0.25, -0.2) is 0 Å². The first-order chi connectivity index (χ1) is 28.1. The summed E-state index contributed by atoms with van der Waals surface area (Å²) in [6.45, 7) is 13.1. The molecule has 0 saturated carbocycles. The third-order valence-corrected chi connectivity index (χ3v) is 11.6. The highest BCUT2D eigenvalue weighted by Crippen LogP contribution is 2.32. The molecule has 0 saturated heterocycles. The van der Waals surface area contributed by atoms with Crippen molar-refractivity contribution in [2.45, 2.75) is 54.8 Å². The SMILES string of the molecule is Cc1cc(C)c(C2=c3ccc([nH]3)=C(c3ccc(CO)cc3)c3ccc([nH]3)C(c3c(C)cc(C)cc3C)=c3ccc([nH]3)=C(c3ccc(CO)cc3)c3ccc2[nH]3)c(C)c1. The summed E-state index contributed by atoms with van der Waals surface area (Å²) in [5.41, 5.74) is 21.6. The van der Waals surface area contributed by atoms with Gasteiger partial charge in [0.1, 0.15) is 0 Å². The number of nitrogens with one attached hydrogen (secondary N) is 4. The molecule has 1 aliphatic heterocycles. The molecule has 0 radical (unpaired) electrons. The van der Waals surface area contributed by atoms with Crippen molar-refractivity contribution in [2.24, 2.45) is 0 Å². The first-order valence-corrected chi connectivity index (χ1v) is 19.9. The molecule has 5 heterocycles. The van der Waals surface area contributed by atoms with E-state index in [2.05, 4.69) is 159 Å². The van der Waals surface area contributed by atoms with Gasteiger partial charge < -0.3 is 30.1 Å². The maximum absolute atomic E-state index is 9.94. The number of aliphatic hydroxyl groups is 2. The lowest BCUT2D eigenvalue weighted by Crippen LogP contribution is -2.20. The molecular weight excluding hydrogens is 713 g/mol. The first-order valence-electron chi connectivity index (χ1n) is 19.9. The topological polar surface area (TPSA) is 104 Å². The van der Waals surface area contributed by atoms with E-state index in [1.165, 1.54) is 44.5 Å². The zero-order chi connectivity index (χ0) is 40.2. The Hall–Kier alpha value is -6.60. The van der Waals surface area contributed by atoms with Gasteiger partial charge in [-0.2, -0.15) is 0 Å². The van der Waals surface area contributed by atoms with Crippen LogP contribution in [0.1, 0.15) is 89.5 Å². The summed E-state index contributed by atoms with van der Waals surface area (Å²) in [4.78, 5) is 15.6. The standard InChI is InChI=1S/C52H48N4O2/c1-29-23-31(3)47(32(4)24-29)51-43-19-15-39(53-43)49(37-11-7-35(27-57)8-12-37)41-17-21-45(55-41)52(48-33(5)25-30(2)26-34(48)6)46-22-18-42(56-46)50(40-16-20-44(51)54-40)38-13-9-36(28-58)10-14-38/h7-26,53-58H,27-28H2,1-6H3. The molecule has 0 aliphatic carbocycles. The van der Waals surface area contributed by atoms with Gasteiger partial charge in [0, 0.05) is 66.5 Å². The number of aryl methyl sites for hydroxylation is 6. The zero-order valence-corrected chi connectivity index (χ0v) is 33.9. The molecule has 0 fully saturated rings. The average molecular weight is 761 g/mol. The molecule has 6 heteroatoms. The minimum atomic E-state index is -0.0144. The van der Waals surface area contributed by atoms with E-state index >= 15 is 0 Å². The van der Waals surface area contributed by atoms with Crippen molar-refractivity contribution in [3.05, 3.63) is 232 Å². The number of fused-ring (bicyclic) bond motifs is 8. The Kier molecular flexibility index (Phi) is 9.39. The van der Waals surface area contributed by atoms with Crippen LogP contribution in [-0.4, -0.2) is 30.1 Å². The molecule has 288 valence electrons. The van der Waals surface area contributed by atoms with Crippen LogP contribution in [0, 0.1) is 41.5 Å². The van der Waals surface area contributed by atoms with Crippen molar-refractivity contribution in [3.63, 3.8) is 0 Å². The number of aromatic nitrogens is 4. The van der Waals surface area contributed by atoms with Crippen LogP contribution in [-0.2, 0) is 13.2 Å². The normalized spacial score (nSPS) is 12.8. The quantitative estimate of drug-likeness (QED) is 0.109. The van der Waals surface area contributed by atoms with Crippen LogP contribution >= 0.6 is 0 Å². The van der Waals surface area contributed by atoms with Crippen molar-refractivity contribution in [1.82, 2.24) is 19.9 Å². The molecule has 6 nitrogen and oxygen atoms in total. The molecule has 6 N–H and O–H groups in total. The number of hydrogen-bond donors (Lipinski definition) is 6.